The van der Waals surface area contributed by atoms with Crippen LogP contribution in [0, 0.1) is 10.1 Å². The van der Waals surface area contributed by atoms with Crippen molar-refractivity contribution in [3.63, 3.8) is 0 Å². The Labute approximate surface area is 122 Å². The number of amides is 1. The first kappa shape index (κ1) is 14.2. The molecule has 1 aromatic heterocycles. The number of carbonyl (C=O) groups excluding carboxylic acids is 1. The van der Waals surface area contributed by atoms with Crippen molar-refractivity contribution in [2.24, 2.45) is 0 Å². The summed E-state index contributed by atoms with van der Waals surface area (Å²) in [6.45, 7) is 0. The number of carbonyl (C=O) groups is 1. The van der Waals surface area contributed by atoms with E-state index >= 15 is 0 Å². The van der Waals surface area contributed by atoms with E-state index in [2.05, 4.69) is 15.3 Å². The number of aromatic nitrogens is 2. The van der Waals surface area contributed by atoms with Crippen LogP contribution in [-0.2, 0) is 0 Å². The number of nitro benzene ring substituents is 1. The Bertz CT molecular complexity index is 693. The van der Waals surface area contributed by atoms with E-state index in [0.29, 0.717) is 0 Å². The van der Waals surface area contributed by atoms with Gasteiger partial charge in [-0.3, -0.25) is 14.9 Å². The summed E-state index contributed by atoms with van der Waals surface area (Å²) in [4.78, 5) is 29.6. The van der Waals surface area contributed by atoms with E-state index in [4.69, 9.17) is 23.2 Å². The molecule has 0 spiro atoms. The molecule has 0 fully saturated rings. The third-order valence-electron chi connectivity index (χ3n) is 2.28. The maximum absolute atomic E-state index is 12.0. The Morgan fingerprint density at radius 1 is 1.25 bits per heavy atom. The number of rotatable bonds is 3. The molecule has 0 aliphatic heterocycles. The Morgan fingerprint density at radius 3 is 2.65 bits per heavy atom. The quantitative estimate of drug-likeness (QED) is 0.533. The van der Waals surface area contributed by atoms with Gasteiger partial charge in [0.05, 0.1) is 4.92 Å². The average Bonchev–Trinajstić information content (AvgIpc) is 2.38. The molecule has 0 atom stereocenters. The van der Waals surface area contributed by atoms with Crippen molar-refractivity contribution < 1.29 is 9.72 Å². The third-order valence-corrected chi connectivity index (χ3v) is 2.72. The topological polar surface area (TPSA) is 98.0 Å². The molecule has 2 aromatic rings. The molecule has 2 rings (SSSR count). The van der Waals surface area contributed by atoms with Crippen molar-refractivity contribution in [2.45, 2.75) is 0 Å². The summed E-state index contributed by atoms with van der Waals surface area (Å²) in [5.74, 6) is -0.553. The van der Waals surface area contributed by atoms with Crippen LogP contribution >= 0.6 is 23.2 Å². The predicted octanol–water partition coefficient (Wildman–Crippen LogP) is 2.94. The van der Waals surface area contributed by atoms with Gasteiger partial charge < -0.3 is 5.32 Å². The highest BCUT2D eigenvalue weighted by Crippen LogP contribution is 2.24. The van der Waals surface area contributed by atoms with Crippen molar-refractivity contribution in [3.05, 3.63) is 56.4 Å². The standard InChI is InChI=1S/C11H6Cl2N4O3/c12-6-1-2-7(8(3-6)17(19)20)11(18)16-10-4-9(13)14-5-15-10/h1-5H,(H,14,15,16,18). The molecule has 0 bridgehead atoms. The number of nitro groups is 1. The van der Waals surface area contributed by atoms with Gasteiger partial charge in [-0.05, 0) is 12.1 Å². The molecule has 1 amide bonds. The normalized spacial score (nSPS) is 10.1. The van der Waals surface area contributed by atoms with E-state index in [0.717, 1.165) is 12.4 Å². The van der Waals surface area contributed by atoms with Crippen LogP contribution in [0.25, 0.3) is 0 Å². The fourth-order valence-corrected chi connectivity index (χ4v) is 1.75. The smallest absolute Gasteiger partial charge is 0.283 e. The summed E-state index contributed by atoms with van der Waals surface area (Å²) in [6, 6.07) is 5.07. The van der Waals surface area contributed by atoms with Gasteiger partial charge in [0.15, 0.2) is 0 Å². The largest absolute Gasteiger partial charge is 0.306 e. The zero-order chi connectivity index (χ0) is 14.7. The number of benzene rings is 1. The highest BCUT2D eigenvalue weighted by molar-refractivity contribution is 6.31. The predicted molar refractivity (Wildman–Crippen MR) is 73.1 cm³/mol. The molecule has 0 aliphatic rings. The number of hydrogen-bond donors (Lipinski definition) is 1. The lowest BCUT2D eigenvalue weighted by Crippen LogP contribution is -2.14. The zero-order valence-electron chi connectivity index (χ0n) is 9.71. The second-order valence-corrected chi connectivity index (χ2v) is 4.42. The summed E-state index contributed by atoms with van der Waals surface area (Å²) in [5, 5.41) is 13.6. The molecule has 1 N–H and O–H groups in total. The summed E-state index contributed by atoms with van der Waals surface area (Å²) < 4.78 is 0. The van der Waals surface area contributed by atoms with Gasteiger partial charge in [-0.25, -0.2) is 9.97 Å². The van der Waals surface area contributed by atoms with Crippen molar-refractivity contribution in [3.8, 4) is 0 Å². The maximum atomic E-state index is 12.0. The van der Waals surface area contributed by atoms with Gasteiger partial charge in [0.25, 0.3) is 11.6 Å². The second kappa shape index (κ2) is 5.81. The molecule has 9 heteroatoms. The second-order valence-electron chi connectivity index (χ2n) is 3.60. The minimum atomic E-state index is -0.692. The third kappa shape index (κ3) is 3.19. The van der Waals surface area contributed by atoms with Crippen LogP contribution in [0.1, 0.15) is 10.4 Å². The van der Waals surface area contributed by atoms with E-state index in [1.54, 1.807) is 0 Å². The van der Waals surface area contributed by atoms with Gasteiger partial charge >= 0.3 is 0 Å². The molecule has 1 aromatic carbocycles. The van der Waals surface area contributed by atoms with E-state index in [1.165, 1.54) is 18.2 Å². The number of anilines is 1. The number of hydrogen-bond acceptors (Lipinski definition) is 5. The number of nitrogens with zero attached hydrogens (tertiary/aromatic N) is 3. The van der Waals surface area contributed by atoms with Crippen molar-refractivity contribution in [2.75, 3.05) is 5.32 Å². The molecule has 1 heterocycles. The van der Waals surface area contributed by atoms with Crippen LogP contribution in [0.5, 0.6) is 0 Å². The summed E-state index contributed by atoms with van der Waals surface area (Å²) >= 11 is 11.3. The molecular weight excluding hydrogens is 307 g/mol. The number of nitrogens with one attached hydrogen (secondary N) is 1. The molecule has 0 aliphatic carbocycles. The van der Waals surface area contributed by atoms with Crippen LogP contribution < -0.4 is 5.32 Å². The van der Waals surface area contributed by atoms with Gasteiger partial charge in [-0.1, -0.05) is 23.2 Å². The average molecular weight is 313 g/mol. The van der Waals surface area contributed by atoms with Crippen molar-refractivity contribution >= 4 is 40.6 Å². The minimum absolute atomic E-state index is 0.130. The van der Waals surface area contributed by atoms with Crippen LogP contribution in [0.3, 0.4) is 0 Å². The molecule has 0 unspecified atom stereocenters. The molecule has 0 saturated heterocycles. The van der Waals surface area contributed by atoms with Gasteiger partial charge in [0, 0.05) is 17.2 Å². The minimum Gasteiger partial charge on any atom is -0.306 e. The van der Waals surface area contributed by atoms with Gasteiger partial charge in [-0.15, -0.1) is 0 Å². The molecular formula is C11H6Cl2N4O3. The molecule has 102 valence electrons. The summed E-state index contributed by atoms with van der Waals surface area (Å²) in [7, 11) is 0. The highest BCUT2D eigenvalue weighted by Gasteiger charge is 2.21. The van der Waals surface area contributed by atoms with E-state index < -0.39 is 16.5 Å². The SMILES string of the molecule is O=C(Nc1cc(Cl)ncn1)c1ccc(Cl)cc1[N+](=O)[O-]. The maximum Gasteiger partial charge on any atom is 0.283 e. The monoisotopic (exact) mass is 312 g/mol. The zero-order valence-corrected chi connectivity index (χ0v) is 11.2. The molecule has 20 heavy (non-hydrogen) atoms. The molecule has 0 radical (unpaired) electrons. The van der Waals surface area contributed by atoms with Crippen LogP contribution in [0.15, 0.2) is 30.6 Å². The van der Waals surface area contributed by atoms with E-state index in [9.17, 15) is 14.9 Å². The van der Waals surface area contributed by atoms with Crippen molar-refractivity contribution in [1.82, 2.24) is 9.97 Å². The fraction of sp³-hybridized carbons (Fsp3) is 0. The van der Waals surface area contributed by atoms with E-state index in [-0.39, 0.29) is 21.6 Å². The molecule has 0 saturated carbocycles. The summed E-state index contributed by atoms with van der Waals surface area (Å²) in [6.07, 6.45) is 1.16. The Kier molecular flexibility index (Phi) is 4.11. The van der Waals surface area contributed by atoms with Gasteiger partial charge in [-0.2, -0.15) is 0 Å². The summed E-state index contributed by atoms with van der Waals surface area (Å²) in [5.41, 5.74) is -0.524. The Hall–Kier alpha value is -2.25. The van der Waals surface area contributed by atoms with Crippen LogP contribution in [-0.4, -0.2) is 20.8 Å². The molecule has 7 nitrogen and oxygen atoms in total. The first-order chi connectivity index (χ1) is 9.47. The van der Waals surface area contributed by atoms with Gasteiger partial charge in [0.1, 0.15) is 22.9 Å². The van der Waals surface area contributed by atoms with E-state index in [1.807, 2.05) is 0 Å². The van der Waals surface area contributed by atoms with Crippen LogP contribution in [0.4, 0.5) is 11.5 Å². The Morgan fingerprint density at radius 2 is 2.00 bits per heavy atom. The van der Waals surface area contributed by atoms with Crippen LogP contribution in [0.2, 0.25) is 10.2 Å². The lowest BCUT2D eigenvalue weighted by Gasteiger charge is -2.05. The first-order valence-corrected chi connectivity index (χ1v) is 5.96. The fourth-order valence-electron chi connectivity index (χ4n) is 1.43. The highest BCUT2D eigenvalue weighted by atomic mass is 35.5. The Balaban J connectivity index is 2.32. The number of halogens is 2. The lowest BCUT2D eigenvalue weighted by atomic mass is 10.1. The first-order valence-electron chi connectivity index (χ1n) is 5.20. The van der Waals surface area contributed by atoms with Gasteiger partial charge in [0.2, 0.25) is 0 Å². The van der Waals surface area contributed by atoms with Crippen molar-refractivity contribution in [1.29, 1.82) is 0 Å². The lowest BCUT2D eigenvalue weighted by molar-refractivity contribution is -0.385.